The molecule has 0 aromatic rings. The molecule has 44 heavy (non-hydrogen) atoms. The molecule has 2 saturated carbocycles. The molecule has 6 heterocycles. The number of hydrogen-bond acceptors (Lipinski definition) is 8. The topological polar surface area (TPSA) is 90.3 Å². The average Bonchev–Trinajstić information content (AvgIpc) is 3.83. The number of fused-ring (bicyclic) bond motifs is 3. The van der Waals surface area contributed by atoms with Crippen molar-refractivity contribution in [2.24, 2.45) is 17.8 Å². The van der Waals surface area contributed by atoms with E-state index in [1.165, 1.54) is 44.9 Å². The van der Waals surface area contributed by atoms with Crippen molar-refractivity contribution in [2.45, 2.75) is 167 Å². The minimum atomic E-state index is -0.414. The summed E-state index contributed by atoms with van der Waals surface area (Å²) >= 11 is 0. The molecule has 258 valence electrons. The highest BCUT2D eigenvalue weighted by Gasteiger charge is 2.60. The van der Waals surface area contributed by atoms with Crippen LogP contribution in [0.2, 0.25) is 0 Å². The summed E-state index contributed by atoms with van der Waals surface area (Å²) in [5, 5.41) is 0. The maximum atomic E-state index is 6.03. The van der Waals surface area contributed by atoms with Gasteiger partial charge in [-0.25, -0.2) is 0 Å². The molecule has 8 nitrogen and oxygen atoms in total. The molecule has 8 aliphatic rings. The van der Waals surface area contributed by atoms with E-state index in [0.717, 1.165) is 50.4 Å². The zero-order chi connectivity index (χ0) is 31.7. The molecule has 0 spiro atoms. The van der Waals surface area contributed by atoms with Gasteiger partial charge in [0.2, 0.25) is 0 Å². The van der Waals surface area contributed by atoms with Crippen LogP contribution in [0.5, 0.6) is 0 Å². The van der Waals surface area contributed by atoms with E-state index in [0.29, 0.717) is 56.4 Å². The van der Waals surface area contributed by atoms with Crippen molar-refractivity contribution in [1.82, 2.24) is 0 Å². The van der Waals surface area contributed by atoms with Gasteiger partial charge < -0.3 is 37.9 Å². The van der Waals surface area contributed by atoms with Gasteiger partial charge in [0.1, 0.15) is 23.9 Å². The lowest BCUT2D eigenvalue weighted by atomic mass is 9.75. The van der Waals surface area contributed by atoms with Crippen molar-refractivity contribution in [1.29, 1.82) is 0 Å². The molecule has 12 unspecified atom stereocenters. The summed E-state index contributed by atoms with van der Waals surface area (Å²) in [7, 11) is 0. The van der Waals surface area contributed by atoms with Crippen LogP contribution in [0.25, 0.3) is 0 Å². The Morgan fingerprint density at radius 3 is 2.25 bits per heavy atom. The molecule has 0 radical (unpaired) electrons. The minimum absolute atomic E-state index is 0.145. The Labute approximate surface area is 268 Å². The normalized spacial score (nSPS) is 43.5. The van der Waals surface area contributed by atoms with Crippen LogP contribution in [0.3, 0.4) is 0 Å². The van der Waals surface area contributed by atoms with Crippen molar-refractivity contribution < 1.29 is 37.9 Å². The first-order valence-corrected chi connectivity index (χ1v) is 18.3. The van der Waals surface area contributed by atoms with Crippen LogP contribution in [-0.4, -0.2) is 100 Å². The molecule has 8 heteroatoms. The van der Waals surface area contributed by atoms with E-state index in [4.69, 9.17) is 37.9 Å². The summed E-state index contributed by atoms with van der Waals surface area (Å²) < 4.78 is 43.9. The van der Waals surface area contributed by atoms with Crippen molar-refractivity contribution in [3.8, 4) is 0 Å². The minimum Gasteiger partial charge on any atom is -0.378 e. The van der Waals surface area contributed by atoms with Crippen molar-refractivity contribution in [3.05, 3.63) is 0 Å². The van der Waals surface area contributed by atoms with Crippen LogP contribution in [0.4, 0.5) is 0 Å². The van der Waals surface area contributed by atoms with Gasteiger partial charge in [-0.05, 0) is 76.5 Å². The molecule has 8 rings (SSSR count). The van der Waals surface area contributed by atoms with Crippen molar-refractivity contribution >= 4 is 0 Å². The summed E-state index contributed by atoms with van der Waals surface area (Å²) in [6, 6.07) is 0. The molecule has 6 saturated heterocycles. The summed E-state index contributed by atoms with van der Waals surface area (Å²) in [4.78, 5) is 0. The van der Waals surface area contributed by atoms with Crippen LogP contribution in [-0.2, 0) is 37.9 Å². The van der Waals surface area contributed by atoms with Gasteiger partial charge in [0, 0.05) is 6.61 Å². The van der Waals surface area contributed by atoms with E-state index >= 15 is 0 Å². The second kappa shape index (κ2) is 17.2. The van der Waals surface area contributed by atoms with Gasteiger partial charge in [0.15, 0.2) is 0 Å². The van der Waals surface area contributed by atoms with E-state index in [1.807, 2.05) is 13.8 Å². The molecule has 0 aromatic heterocycles. The lowest BCUT2D eigenvalue weighted by Gasteiger charge is -2.34. The Morgan fingerprint density at radius 1 is 0.909 bits per heavy atom. The number of unbranched alkanes of at least 4 members (excludes halogenated alkanes) is 1. The first kappa shape index (κ1) is 36.5. The van der Waals surface area contributed by atoms with Gasteiger partial charge in [-0.3, -0.25) is 0 Å². The fourth-order valence-corrected chi connectivity index (χ4v) is 6.71. The first-order chi connectivity index (χ1) is 21.2. The highest BCUT2D eigenvalue weighted by Crippen LogP contribution is 2.51. The Bertz CT molecular complexity index is 820. The fraction of sp³-hybridized carbons (Fsp3) is 1.00. The molecule has 0 N–H and O–H groups in total. The SMILES string of the molecule is CC.CC1CCC2OC2C1.CC1CO1.CCC(C)C1CCC2OC2(C)C1.CCCCOCC1(OCC2CO2)COCC2OC21. The zero-order valence-electron chi connectivity index (χ0n) is 29.4. The van der Waals surface area contributed by atoms with E-state index in [1.54, 1.807) is 0 Å². The Morgan fingerprint density at radius 2 is 1.66 bits per heavy atom. The third-order valence-corrected chi connectivity index (χ3v) is 10.4. The number of ether oxygens (including phenoxy) is 8. The van der Waals surface area contributed by atoms with E-state index in [9.17, 15) is 0 Å². The maximum Gasteiger partial charge on any atom is 0.143 e. The van der Waals surface area contributed by atoms with Crippen molar-refractivity contribution in [2.75, 3.05) is 46.2 Å². The molecule has 0 amide bonds. The standard InChI is InChI=1S/C13H22O5.C11H20O.C7H12O.C3H6O.C2H6/c1-2-3-4-14-8-13(17-6-10-5-16-10)9-15-7-11-12(13)18-11;1-4-8(2)9-5-6-10-11(3,7-9)12-10;1-5-2-3-6-7(4-5)8-6;1-3-2-4-3;1-2/h10-12H,2-9H2,1H3;8-10H,4-7H2,1-3H3;5-7H,2-4H2,1H3;3H,2H2,1H3;1-2H3. The summed E-state index contributed by atoms with van der Waals surface area (Å²) in [6.45, 7) is 22.5. The molecule has 12 atom stereocenters. The third-order valence-electron chi connectivity index (χ3n) is 10.4. The molecule has 8 fully saturated rings. The average molecular weight is 627 g/mol. The Hall–Kier alpha value is -0.320. The highest BCUT2D eigenvalue weighted by atomic mass is 16.7. The number of epoxide rings is 5. The molecule has 0 bridgehead atoms. The Balaban J connectivity index is 0.000000146. The number of rotatable bonds is 10. The fourth-order valence-electron chi connectivity index (χ4n) is 6.71. The van der Waals surface area contributed by atoms with E-state index < -0.39 is 5.60 Å². The van der Waals surface area contributed by atoms with Gasteiger partial charge in [0.05, 0.1) is 69.7 Å². The van der Waals surface area contributed by atoms with Gasteiger partial charge in [0.25, 0.3) is 0 Å². The second-order valence-corrected chi connectivity index (χ2v) is 14.5. The molecule has 6 aliphatic heterocycles. The predicted octanol–water partition coefficient (Wildman–Crippen LogP) is 6.75. The smallest absolute Gasteiger partial charge is 0.143 e. The summed E-state index contributed by atoms with van der Waals surface area (Å²) in [5.41, 5.74) is -0.116. The molecule has 2 aliphatic carbocycles. The van der Waals surface area contributed by atoms with Crippen LogP contribution in [0.15, 0.2) is 0 Å². The molecular weight excluding hydrogens is 560 g/mol. The van der Waals surface area contributed by atoms with Gasteiger partial charge in [-0.1, -0.05) is 54.4 Å². The quantitative estimate of drug-likeness (QED) is 0.194. The Kier molecular flexibility index (Phi) is 14.3. The number of hydrogen-bond donors (Lipinski definition) is 0. The van der Waals surface area contributed by atoms with Gasteiger partial charge in [-0.15, -0.1) is 0 Å². The second-order valence-electron chi connectivity index (χ2n) is 14.5. The molecular formula is C36H66O8. The zero-order valence-corrected chi connectivity index (χ0v) is 29.4. The maximum absolute atomic E-state index is 6.03. The molecule has 0 aromatic carbocycles. The monoisotopic (exact) mass is 626 g/mol. The highest BCUT2D eigenvalue weighted by molar-refractivity contribution is 5.06. The van der Waals surface area contributed by atoms with E-state index in [2.05, 4.69) is 41.5 Å². The van der Waals surface area contributed by atoms with E-state index in [-0.39, 0.29) is 18.3 Å². The van der Waals surface area contributed by atoms with Crippen molar-refractivity contribution in [3.63, 3.8) is 0 Å². The third kappa shape index (κ3) is 11.4. The van der Waals surface area contributed by atoms with Crippen LogP contribution in [0, 0.1) is 17.8 Å². The first-order valence-electron chi connectivity index (χ1n) is 18.3. The lowest BCUT2D eigenvalue weighted by molar-refractivity contribution is -0.156. The lowest BCUT2D eigenvalue weighted by Crippen LogP contribution is -2.52. The van der Waals surface area contributed by atoms with Gasteiger partial charge in [-0.2, -0.15) is 0 Å². The van der Waals surface area contributed by atoms with Crippen LogP contribution < -0.4 is 0 Å². The summed E-state index contributed by atoms with van der Waals surface area (Å²) in [5.74, 6) is 2.75. The largest absolute Gasteiger partial charge is 0.378 e. The van der Waals surface area contributed by atoms with Crippen LogP contribution in [0.1, 0.15) is 113 Å². The summed E-state index contributed by atoms with van der Waals surface area (Å²) in [6.07, 6.45) is 14.8. The van der Waals surface area contributed by atoms with Gasteiger partial charge >= 0.3 is 0 Å². The van der Waals surface area contributed by atoms with Crippen LogP contribution >= 0.6 is 0 Å². The predicted molar refractivity (Wildman–Crippen MR) is 172 cm³/mol.